The number of thiophene rings is 1. The number of likely N-dealkylation sites (N-methyl/N-ethyl adjacent to an activating group) is 1. The summed E-state index contributed by atoms with van der Waals surface area (Å²) in [6, 6.07) is 10.7. The van der Waals surface area contributed by atoms with Crippen molar-refractivity contribution < 1.29 is 13.2 Å². The molecule has 0 saturated carbocycles. The van der Waals surface area contributed by atoms with E-state index >= 15 is 0 Å². The van der Waals surface area contributed by atoms with Crippen molar-refractivity contribution in [1.29, 1.82) is 0 Å². The number of sulfonamides is 1. The Hall–Kier alpha value is -1.90. The third-order valence-corrected chi connectivity index (χ3v) is 6.98. The van der Waals surface area contributed by atoms with E-state index in [1.165, 1.54) is 13.1 Å². The molecule has 0 spiro atoms. The largest absolute Gasteiger partial charge is 0.372 e. The highest BCUT2D eigenvalue weighted by Crippen LogP contribution is 2.20. The summed E-state index contributed by atoms with van der Waals surface area (Å²) in [4.78, 5) is 14.3. The molecule has 0 unspecified atom stereocenters. The fourth-order valence-corrected chi connectivity index (χ4v) is 4.72. The number of amides is 1. The van der Waals surface area contributed by atoms with Gasteiger partial charge in [-0.1, -0.05) is 6.07 Å². The average molecular weight is 382 g/mol. The Bertz CT molecular complexity index is 783. The number of anilines is 2. The molecule has 136 valence electrons. The zero-order valence-corrected chi connectivity index (χ0v) is 16.2. The molecule has 0 bridgehead atoms. The van der Waals surface area contributed by atoms with Gasteiger partial charge in [0.2, 0.25) is 5.91 Å². The lowest BCUT2D eigenvalue weighted by Crippen LogP contribution is -2.34. The molecule has 1 amide bonds. The first-order valence-electron chi connectivity index (χ1n) is 8.03. The second kappa shape index (κ2) is 8.46. The van der Waals surface area contributed by atoms with E-state index < -0.39 is 10.0 Å². The van der Waals surface area contributed by atoms with Crippen molar-refractivity contribution >= 4 is 38.6 Å². The summed E-state index contributed by atoms with van der Waals surface area (Å²) in [5.41, 5.74) is 1.73. The van der Waals surface area contributed by atoms with Crippen molar-refractivity contribution in [2.24, 2.45) is 0 Å². The van der Waals surface area contributed by atoms with Crippen LogP contribution in [0.25, 0.3) is 0 Å². The normalized spacial score (nSPS) is 11.5. The maximum absolute atomic E-state index is 12.3. The van der Waals surface area contributed by atoms with Crippen LogP contribution in [0.4, 0.5) is 11.4 Å². The first kappa shape index (κ1) is 19.4. The van der Waals surface area contributed by atoms with Gasteiger partial charge in [-0.15, -0.1) is 11.3 Å². The molecule has 0 saturated heterocycles. The number of nitrogens with zero attached hydrogens (tertiary/aromatic N) is 2. The van der Waals surface area contributed by atoms with Crippen molar-refractivity contribution in [2.75, 3.05) is 36.9 Å². The second-order valence-corrected chi connectivity index (χ2v) is 8.68. The quantitative estimate of drug-likeness (QED) is 0.763. The SMILES string of the molecule is CCN(CC)c1ccc(NC(=O)CN(C)S(=O)(=O)c2cccs2)cc1. The molecule has 2 rings (SSSR count). The highest BCUT2D eigenvalue weighted by molar-refractivity contribution is 7.91. The lowest BCUT2D eigenvalue weighted by Gasteiger charge is -2.21. The molecule has 0 atom stereocenters. The van der Waals surface area contributed by atoms with Crippen molar-refractivity contribution in [1.82, 2.24) is 4.31 Å². The van der Waals surface area contributed by atoms with Crippen LogP contribution in [0, 0.1) is 0 Å². The van der Waals surface area contributed by atoms with Gasteiger partial charge in [0.25, 0.3) is 10.0 Å². The lowest BCUT2D eigenvalue weighted by molar-refractivity contribution is -0.116. The maximum atomic E-state index is 12.3. The van der Waals surface area contributed by atoms with Gasteiger partial charge in [-0.2, -0.15) is 4.31 Å². The van der Waals surface area contributed by atoms with Gasteiger partial charge < -0.3 is 10.2 Å². The summed E-state index contributed by atoms with van der Waals surface area (Å²) < 4.78 is 25.9. The van der Waals surface area contributed by atoms with Crippen LogP contribution < -0.4 is 10.2 Å². The number of carbonyl (C=O) groups excluding carboxylic acids is 1. The molecular weight excluding hydrogens is 358 g/mol. The Balaban J connectivity index is 1.98. The highest BCUT2D eigenvalue weighted by Gasteiger charge is 2.23. The third kappa shape index (κ3) is 4.81. The molecule has 0 aliphatic carbocycles. The van der Waals surface area contributed by atoms with Crippen LogP contribution >= 0.6 is 11.3 Å². The Morgan fingerprint density at radius 2 is 1.76 bits per heavy atom. The van der Waals surface area contributed by atoms with Gasteiger partial charge in [0.1, 0.15) is 4.21 Å². The smallest absolute Gasteiger partial charge is 0.252 e. The van der Waals surface area contributed by atoms with Crippen molar-refractivity contribution in [3.63, 3.8) is 0 Å². The molecule has 1 heterocycles. The summed E-state index contributed by atoms with van der Waals surface area (Å²) in [7, 11) is -2.22. The van der Waals surface area contributed by atoms with Gasteiger partial charge in [-0.3, -0.25) is 4.79 Å². The summed E-state index contributed by atoms with van der Waals surface area (Å²) in [6.45, 7) is 5.76. The zero-order valence-electron chi connectivity index (χ0n) is 14.6. The summed E-state index contributed by atoms with van der Waals surface area (Å²) in [5, 5.41) is 4.42. The Morgan fingerprint density at radius 3 is 2.28 bits per heavy atom. The third-order valence-electron chi connectivity index (χ3n) is 3.81. The standard InChI is InChI=1S/C17H23N3O3S2/c1-4-20(5-2)15-10-8-14(9-11-15)18-16(21)13-19(3)25(22,23)17-7-6-12-24-17/h6-12H,4-5,13H2,1-3H3,(H,18,21). The Kier molecular flexibility index (Phi) is 6.57. The van der Waals surface area contributed by atoms with Gasteiger partial charge in [0.05, 0.1) is 6.54 Å². The van der Waals surface area contributed by atoms with Crippen molar-refractivity contribution in [3.05, 3.63) is 41.8 Å². The molecule has 0 fully saturated rings. The number of rotatable bonds is 8. The minimum Gasteiger partial charge on any atom is -0.372 e. The molecule has 0 radical (unpaired) electrons. The van der Waals surface area contributed by atoms with E-state index in [0.29, 0.717) is 5.69 Å². The van der Waals surface area contributed by atoms with Crippen molar-refractivity contribution in [3.8, 4) is 0 Å². The first-order valence-corrected chi connectivity index (χ1v) is 10.3. The van der Waals surface area contributed by atoms with Crippen molar-refractivity contribution in [2.45, 2.75) is 18.1 Å². The number of benzene rings is 1. The monoisotopic (exact) mass is 381 g/mol. The van der Waals surface area contributed by atoms with E-state index in [1.807, 2.05) is 24.3 Å². The van der Waals surface area contributed by atoms with Crippen LogP contribution in [0.5, 0.6) is 0 Å². The van der Waals surface area contributed by atoms with Gasteiger partial charge >= 0.3 is 0 Å². The molecule has 1 N–H and O–H groups in total. The zero-order chi connectivity index (χ0) is 18.4. The van der Waals surface area contributed by atoms with E-state index in [4.69, 9.17) is 0 Å². The molecule has 6 nitrogen and oxygen atoms in total. The molecular formula is C17H23N3O3S2. The molecule has 2 aromatic rings. The molecule has 0 aliphatic rings. The predicted molar refractivity (Wildman–Crippen MR) is 103 cm³/mol. The molecule has 1 aromatic heterocycles. The Morgan fingerprint density at radius 1 is 1.12 bits per heavy atom. The molecule has 0 aliphatic heterocycles. The van der Waals surface area contributed by atoms with E-state index in [9.17, 15) is 13.2 Å². The molecule has 25 heavy (non-hydrogen) atoms. The summed E-state index contributed by atoms with van der Waals surface area (Å²) in [5.74, 6) is -0.377. The van der Waals surface area contributed by atoms with Crippen LogP contribution in [-0.2, 0) is 14.8 Å². The second-order valence-electron chi connectivity index (χ2n) is 5.46. The Labute approximate surface area is 153 Å². The fraction of sp³-hybridized carbons (Fsp3) is 0.353. The van der Waals surface area contributed by atoms with Crippen LogP contribution in [-0.4, -0.2) is 45.3 Å². The highest BCUT2D eigenvalue weighted by atomic mass is 32.2. The van der Waals surface area contributed by atoms with Gasteiger partial charge in [-0.05, 0) is 49.6 Å². The van der Waals surface area contributed by atoms with Gasteiger partial charge in [-0.25, -0.2) is 8.42 Å². The van der Waals surface area contributed by atoms with Crippen LogP contribution in [0.2, 0.25) is 0 Å². The summed E-state index contributed by atoms with van der Waals surface area (Å²) in [6.07, 6.45) is 0. The fourth-order valence-electron chi connectivity index (χ4n) is 2.40. The van der Waals surface area contributed by atoms with Crippen LogP contribution in [0.3, 0.4) is 0 Å². The van der Waals surface area contributed by atoms with E-state index in [-0.39, 0.29) is 16.7 Å². The maximum Gasteiger partial charge on any atom is 0.252 e. The van der Waals surface area contributed by atoms with E-state index in [0.717, 1.165) is 34.4 Å². The van der Waals surface area contributed by atoms with Gasteiger partial charge in [0.15, 0.2) is 0 Å². The van der Waals surface area contributed by atoms with E-state index in [1.54, 1.807) is 11.4 Å². The van der Waals surface area contributed by atoms with Crippen LogP contribution in [0.1, 0.15) is 13.8 Å². The minimum absolute atomic E-state index is 0.228. The number of hydrogen-bond acceptors (Lipinski definition) is 5. The first-order chi connectivity index (χ1) is 11.9. The minimum atomic E-state index is -3.62. The molecule has 1 aromatic carbocycles. The predicted octanol–water partition coefficient (Wildman–Crippen LogP) is 2.85. The van der Waals surface area contributed by atoms with Gasteiger partial charge in [0, 0.05) is 31.5 Å². The summed E-state index contributed by atoms with van der Waals surface area (Å²) >= 11 is 1.13. The molecule has 8 heteroatoms. The van der Waals surface area contributed by atoms with E-state index in [2.05, 4.69) is 24.1 Å². The number of nitrogens with one attached hydrogen (secondary N) is 1. The number of carbonyl (C=O) groups is 1. The number of hydrogen-bond donors (Lipinski definition) is 1. The topological polar surface area (TPSA) is 69.7 Å². The lowest BCUT2D eigenvalue weighted by atomic mass is 10.2. The average Bonchev–Trinajstić information content (AvgIpc) is 3.12. The van der Waals surface area contributed by atoms with Crippen LogP contribution in [0.15, 0.2) is 46.0 Å².